The average molecular weight is 421 g/mol. The van der Waals surface area contributed by atoms with Crippen LogP contribution in [0.25, 0.3) is 0 Å². The number of para-hydroxylation sites is 2. The Morgan fingerprint density at radius 2 is 1.87 bits per heavy atom. The number of hydrogen-bond acceptors (Lipinski definition) is 3. The summed E-state index contributed by atoms with van der Waals surface area (Å²) in [4.78, 5) is 28.7. The van der Waals surface area contributed by atoms with Gasteiger partial charge in [0.15, 0.2) is 0 Å². The highest BCUT2D eigenvalue weighted by Crippen LogP contribution is 2.49. The molecule has 0 radical (unpaired) electrons. The zero-order chi connectivity index (χ0) is 22.2. The van der Waals surface area contributed by atoms with E-state index < -0.39 is 17.8 Å². The predicted octanol–water partition coefficient (Wildman–Crippen LogP) is 6.01. The van der Waals surface area contributed by atoms with Crippen molar-refractivity contribution in [3.05, 3.63) is 71.7 Å². The first kappa shape index (κ1) is 21.3. The second-order valence-corrected chi connectivity index (χ2v) is 9.18. The van der Waals surface area contributed by atoms with Crippen LogP contribution in [0.5, 0.6) is 0 Å². The number of Topliss-reactive ketones (excluding diaryl/α,β-unsaturated/α-hetero) is 1. The van der Waals surface area contributed by atoms with Gasteiger partial charge in [0, 0.05) is 24.1 Å². The standard InChI is InChI=1S/C26H29FN2O2/c1-4-5-14-23(31)29-21-13-9-8-12-19(21)28-20-15-26(2,3)16-22(30)24(20)25(29)17-10-6-7-11-18(17)27/h6-13,15,24-25,28H,4-5,14,16H2,1-3H3/t24-,25+/m1/s1. The highest BCUT2D eigenvalue weighted by Gasteiger charge is 2.46. The fraction of sp³-hybridized carbons (Fsp3) is 0.385. The van der Waals surface area contributed by atoms with Gasteiger partial charge >= 0.3 is 0 Å². The van der Waals surface area contributed by atoms with E-state index in [-0.39, 0.29) is 17.1 Å². The number of ketones is 1. The summed E-state index contributed by atoms with van der Waals surface area (Å²) in [6.07, 6.45) is 4.39. The third-order valence-corrected chi connectivity index (χ3v) is 6.13. The van der Waals surface area contributed by atoms with Crippen molar-refractivity contribution in [1.82, 2.24) is 0 Å². The lowest BCUT2D eigenvalue weighted by atomic mass is 9.72. The molecule has 1 aliphatic carbocycles. The Hall–Kier alpha value is -2.95. The maximum absolute atomic E-state index is 15.1. The van der Waals surface area contributed by atoms with Gasteiger partial charge in [-0.1, -0.05) is 63.6 Å². The summed E-state index contributed by atoms with van der Waals surface area (Å²) in [5.74, 6) is -1.13. The topological polar surface area (TPSA) is 49.4 Å². The van der Waals surface area contributed by atoms with Gasteiger partial charge in [-0.3, -0.25) is 9.59 Å². The molecule has 0 saturated carbocycles. The molecule has 0 fully saturated rings. The van der Waals surface area contributed by atoms with Gasteiger partial charge < -0.3 is 10.2 Å². The second-order valence-electron chi connectivity index (χ2n) is 9.18. The smallest absolute Gasteiger partial charge is 0.227 e. The van der Waals surface area contributed by atoms with Gasteiger partial charge in [0.05, 0.1) is 23.3 Å². The van der Waals surface area contributed by atoms with Gasteiger partial charge in [0.2, 0.25) is 5.91 Å². The number of unbranched alkanes of at least 4 members (excludes halogenated alkanes) is 1. The number of anilines is 2. The predicted molar refractivity (Wildman–Crippen MR) is 121 cm³/mol. The van der Waals surface area contributed by atoms with Crippen molar-refractivity contribution in [3.63, 3.8) is 0 Å². The molecule has 162 valence electrons. The van der Waals surface area contributed by atoms with Crippen LogP contribution in [0.3, 0.4) is 0 Å². The number of hydrogen-bond donors (Lipinski definition) is 1. The van der Waals surface area contributed by atoms with Gasteiger partial charge in [-0.05, 0) is 30.0 Å². The molecule has 1 aliphatic heterocycles. The molecule has 0 bridgehead atoms. The molecular weight excluding hydrogens is 391 g/mol. The zero-order valence-corrected chi connectivity index (χ0v) is 18.3. The molecule has 1 amide bonds. The van der Waals surface area contributed by atoms with Crippen LogP contribution in [0.1, 0.15) is 58.1 Å². The summed E-state index contributed by atoms with van der Waals surface area (Å²) in [6.45, 7) is 6.08. The van der Waals surface area contributed by atoms with Crippen molar-refractivity contribution < 1.29 is 14.0 Å². The third kappa shape index (κ3) is 4.01. The van der Waals surface area contributed by atoms with E-state index in [1.165, 1.54) is 6.07 Å². The van der Waals surface area contributed by atoms with Crippen molar-refractivity contribution in [2.24, 2.45) is 11.3 Å². The maximum Gasteiger partial charge on any atom is 0.227 e. The number of amides is 1. The zero-order valence-electron chi connectivity index (χ0n) is 18.3. The molecule has 2 aromatic carbocycles. The molecule has 4 nitrogen and oxygen atoms in total. The Balaban J connectivity index is 1.98. The largest absolute Gasteiger partial charge is 0.357 e. The molecule has 2 aromatic rings. The van der Waals surface area contributed by atoms with E-state index >= 15 is 4.39 Å². The Morgan fingerprint density at radius 1 is 1.16 bits per heavy atom. The summed E-state index contributed by atoms with van der Waals surface area (Å²) in [5, 5.41) is 3.43. The number of carbonyl (C=O) groups is 2. The quantitative estimate of drug-likeness (QED) is 0.658. The molecule has 0 unspecified atom stereocenters. The van der Waals surface area contributed by atoms with E-state index in [4.69, 9.17) is 0 Å². The van der Waals surface area contributed by atoms with Crippen molar-refractivity contribution >= 4 is 23.1 Å². The number of fused-ring (bicyclic) bond motifs is 2. The molecule has 1 N–H and O–H groups in total. The number of benzene rings is 2. The van der Waals surface area contributed by atoms with Crippen molar-refractivity contribution in [1.29, 1.82) is 0 Å². The van der Waals surface area contributed by atoms with Crippen LogP contribution in [0, 0.1) is 17.2 Å². The summed E-state index contributed by atoms with van der Waals surface area (Å²) in [6, 6.07) is 13.3. The van der Waals surface area contributed by atoms with E-state index in [1.54, 1.807) is 23.1 Å². The van der Waals surface area contributed by atoms with Gasteiger partial charge in [-0.2, -0.15) is 0 Å². The van der Waals surface area contributed by atoms with Crippen LogP contribution in [-0.4, -0.2) is 11.7 Å². The Kier molecular flexibility index (Phi) is 5.69. The Labute approximate surface area is 183 Å². The van der Waals surface area contributed by atoms with Crippen LogP contribution in [0.4, 0.5) is 15.8 Å². The van der Waals surface area contributed by atoms with Gasteiger partial charge in [0.25, 0.3) is 0 Å². The number of carbonyl (C=O) groups excluding carboxylic acids is 2. The van der Waals surface area contributed by atoms with Crippen molar-refractivity contribution in [2.75, 3.05) is 10.2 Å². The highest BCUT2D eigenvalue weighted by molar-refractivity contribution is 6.01. The lowest BCUT2D eigenvalue weighted by Crippen LogP contribution is -2.44. The summed E-state index contributed by atoms with van der Waals surface area (Å²) in [7, 11) is 0. The van der Waals surface area contributed by atoms with Crippen LogP contribution in [0.15, 0.2) is 60.3 Å². The lowest BCUT2D eigenvalue weighted by molar-refractivity contribution is -0.125. The van der Waals surface area contributed by atoms with E-state index in [1.807, 2.05) is 45.0 Å². The first-order valence-corrected chi connectivity index (χ1v) is 11.0. The van der Waals surface area contributed by atoms with E-state index in [0.29, 0.717) is 24.1 Å². The summed E-state index contributed by atoms with van der Waals surface area (Å²) < 4.78 is 15.1. The second kappa shape index (κ2) is 8.29. The number of rotatable bonds is 4. The molecule has 2 atom stereocenters. The monoisotopic (exact) mass is 420 g/mol. The summed E-state index contributed by atoms with van der Waals surface area (Å²) >= 11 is 0. The fourth-order valence-corrected chi connectivity index (χ4v) is 4.77. The molecule has 0 saturated heterocycles. The van der Waals surface area contributed by atoms with E-state index in [9.17, 15) is 9.59 Å². The highest BCUT2D eigenvalue weighted by atomic mass is 19.1. The van der Waals surface area contributed by atoms with Crippen LogP contribution in [0.2, 0.25) is 0 Å². The van der Waals surface area contributed by atoms with Crippen LogP contribution in [-0.2, 0) is 9.59 Å². The molecule has 5 heteroatoms. The summed E-state index contributed by atoms with van der Waals surface area (Å²) in [5.41, 5.74) is 2.24. The van der Waals surface area contributed by atoms with Gasteiger partial charge in [0.1, 0.15) is 11.6 Å². The molecule has 0 spiro atoms. The van der Waals surface area contributed by atoms with E-state index in [0.717, 1.165) is 24.2 Å². The maximum atomic E-state index is 15.1. The first-order valence-electron chi connectivity index (χ1n) is 11.0. The number of halogens is 1. The lowest BCUT2D eigenvalue weighted by Gasteiger charge is -2.39. The molecule has 0 aromatic heterocycles. The van der Waals surface area contributed by atoms with Crippen LogP contribution >= 0.6 is 0 Å². The minimum Gasteiger partial charge on any atom is -0.357 e. The number of allylic oxidation sites excluding steroid dienone is 1. The number of nitrogens with one attached hydrogen (secondary N) is 1. The third-order valence-electron chi connectivity index (χ3n) is 6.13. The van der Waals surface area contributed by atoms with E-state index in [2.05, 4.69) is 11.4 Å². The molecule has 31 heavy (non-hydrogen) atoms. The molecular formula is C26H29FN2O2. The molecule has 4 rings (SSSR count). The first-order chi connectivity index (χ1) is 14.8. The van der Waals surface area contributed by atoms with Gasteiger partial charge in [-0.25, -0.2) is 4.39 Å². The SMILES string of the molecule is CCCCC(=O)N1c2ccccc2NC2=CC(C)(C)CC(=O)[C@@H]2[C@@H]1c1ccccc1F. The average Bonchev–Trinajstić information content (AvgIpc) is 2.85. The van der Waals surface area contributed by atoms with Crippen LogP contribution < -0.4 is 10.2 Å². The Morgan fingerprint density at radius 3 is 2.61 bits per heavy atom. The molecule has 1 heterocycles. The fourth-order valence-electron chi connectivity index (χ4n) is 4.77. The minimum atomic E-state index is -0.739. The normalized spacial score (nSPS) is 22.0. The van der Waals surface area contributed by atoms with Crippen molar-refractivity contribution in [2.45, 2.75) is 52.5 Å². The van der Waals surface area contributed by atoms with Crippen molar-refractivity contribution in [3.8, 4) is 0 Å². The van der Waals surface area contributed by atoms with Gasteiger partial charge in [-0.15, -0.1) is 0 Å². The molecule has 2 aliphatic rings. The Bertz CT molecular complexity index is 1040. The minimum absolute atomic E-state index is 0.0179. The number of nitrogens with zero attached hydrogens (tertiary/aromatic N) is 1.